The first kappa shape index (κ1) is 12.0. The molecule has 0 heterocycles. The number of hydrogen-bond donors (Lipinski definition) is 1. The molecule has 0 amide bonds. The van der Waals surface area contributed by atoms with Crippen LogP contribution < -0.4 is 4.72 Å². The molecule has 0 aliphatic heterocycles. The third-order valence-electron chi connectivity index (χ3n) is 2.06. The van der Waals surface area contributed by atoms with Crippen LogP contribution >= 0.6 is 0 Å². The Labute approximate surface area is 91.6 Å². The molecule has 0 radical (unpaired) electrons. The van der Waals surface area contributed by atoms with Gasteiger partial charge < -0.3 is 0 Å². The van der Waals surface area contributed by atoms with E-state index in [1.807, 2.05) is 32.0 Å². The van der Waals surface area contributed by atoms with Crippen molar-refractivity contribution >= 4 is 15.7 Å². The lowest BCUT2D eigenvalue weighted by Crippen LogP contribution is -2.16. The zero-order valence-corrected chi connectivity index (χ0v) is 9.97. The van der Waals surface area contributed by atoms with Crippen molar-refractivity contribution in [2.45, 2.75) is 26.7 Å². The van der Waals surface area contributed by atoms with Crippen molar-refractivity contribution in [2.24, 2.45) is 0 Å². The summed E-state index contributed by atoms with van der Waals surface area (Å²) in [4.78, 5) is 0. The third-order valence-corrected chi connectivity index (χ3v) is 3.43. The maximum absolute atomic E-state index is 11.6. The summed E-state index contributed by atoms with van der Waals surface area (Å²) >= 11 is 0. The summed E-state index contributed by atoms with van der Waals surface area (Å²) in [6.07, 6.45) is 1.58. The van der Waals surface area contributed by atoms with Gasteiger partial charge >= 0.3 is 0 Å². The van der Waals surface area contributed by atoms with Crippen molar-refractivity contribution in [3.8, 4) is 0 Å². The van der Waals surface area contributed by atoms with Crippen LogP contribution in [0.5, 0.6) is 0 Å². The zero-order chi connectivity index (χ0) is 11.3. The van der Waals surface area contributed by atoms with Crippen LogP contribution in [0.2, 0.25) is 0 Å². The first-order chi connectivity index (χ1) is 7.03. The van der Waals surface area contributed by atoms with Crippen molar-refractivity contribution in [3.63, 3.8) is 0 Å². The highest BCUT2D eigenvalue weighted by molar-refractivity contribution is 7.92. The Morgan fingerprint density at radius 3 is 2.67 bits per heavy atom. The Balaban J connectivity index is 2.69. The summed E-state index contributed by atoms with van der Waals surface area (Å²) in [5.41, 5.74) is 1.69. The molecule has 0 saturated heterocycles. The second-order valence-electron chi connectivity index (χ2n) is 3.64. The summed E-state index contributed by atoms with van der Waals surface area (Å²) in [5.74, 6) is 0.192. The summed E-state index contributed by atoms with van der Waals surface area (Å²) < 4.78 is 25.7. The molecule has 0 fully saturated rings. The van der Waals surface area contributed by atoms with E-state index in [0.717, 1.165) is 12.0 Å². The fraction of sp³-hybridized carbons (Fsp3) is 0.455. The molecule has 1 rings (SSSR count). The monoisotopic (exact) mass is 227 g/mol. The van der Waals surface area contributed by atoms with Gasteiger partial charge in [-0.1, -0.05) is 25.5 Å². The normalized spacial score (nSPS) is 11.3. The van der Waals surface area contributed by atoms with Gasteiger partial charge in [0.2, 0.25) is 10.0 Å². The standard InChI is InChI=1S/C11H17NO2S/c1-3-4-8-15(13,14)12-11-7-5-6-10(2)9-11/h5-7,9,12H,3-4,8H2,1-2H3. The lowest BCUT2D eigenvalue weighted by Gasteiger charge is -2.07. The average molecular weight is 227 g/mol. The number of aryl methyl sites for hydroxylation is 1. The number of benzene rings is 1. The minimum atomic E-state index is -3.16. The third kappa shape index (κ3) is 4.34. The smallest absolute Gasteiger partial charge is 0.232 e. The van der Waals surface area contributed by atoms with Crippen molar-refractivity contribution in [3.05, 3.63) is 29.8 Å². The summed E-state index contributed by atoms with van der Waals surface area (Å²) in [6.45, 7) is 3.91. The Kier molecular flexibility index (Phi) is 4.15. The van der Waals surface area contributed by atoms with Gasteiger partial charge in [0.1, 0.15) is 0 Å². The van der Waals surface area contributed by atoms with Crippen molar-refractivity contribution in [1.29, 1.82) is 0 Å². The number of unbranched alkanes of at least 4 members (excludes halogenated alkanes) is 1. The topological polar surface area (TPSA) is 46.2 Å². The predicted octanol–water partition coefficient (Wildman–Crippen LogP) is 2.54. The van der Waals surface area contributed by atoms with Crippen LogP contribution in [0, 0.1) is 6.92 Å². The second kappa shape index (κ2) is 5.16. The molecule has 84 valence electrons. The molecule has 3 nitrogen and oxygen atoms in total. The van der Waals surface area contributed by atoms with Gasteiger partial charge in [-0.25, -0.2) is 8.42 Å². The van der Waals surface area contributed by atoms with E-state index in [-0.39, 0.29) is 5.75 Å². The number of nitrogens with one attached hydrogen (secondary N) is 1. The molecule has 0 aromatic heterocycles. The lowest BCUT2D eigenvalue weighted by atomic mass is 10.2. The van der Waals surface area contributed by atoms with Gasteiger partial charge in [-0.15, -0.1) is 0 Å². The number of sulfonamides is 1. The van der Waals surface area contributed by atoms with Crippen LogP contribution in [0.3, 0.4) is 0 Å². The second-order valence-corrected chi connectivity index (χ2v) is 5.49. The van der Waals surface area contributed by atoms with Gasteiger partial charge in [0.25, 0.3) is 0 Å². The van der Waals surface area contributed by atoms with Crippen LogP contribution in [0.15, 0.2) is 24.3 Å². The van der Waals surface area contributed by atoms with Gasteiger partial charge in [0.15, 0.2) is 0 Å². The number of anilines is 1. The van der Waals surface area contributed by atoms with Crippen LogP contribution in [-0.4, -0.2) is 14.2 Å². The zero-order valence-electron chi connectivity index (χ0n) is 9.16. The molecule has 1 N–H and O–H groups in total. The summed E-state index contributed by atoms with van der Waals surface area (Å²) in [6, 6.07) is 7.36. The molecule has 1 aromatic rings. The molecule has 15 heavy (non-hydrogen) atoms. The van der Waals surface area contributed by atoms with E-state index in [2.05, 4.69) is 4.72 Å². The summed E-state index contributed by atoms with van der Waals surface area (Å²) in [7, 11) is -3.16. The van der Waals surface area contributed by atoms with E-state index in [4.69, 9.17) is 0 Å². The highest BCUT2D eigenvalue weighted by atomic mass is 32.2. The minimum absolute atomic E-state index is 0.192. The van der Waals surface area contributed by atoms with Crippen LogP contribution in [-0.2, 0) is 10.0 Å². The molecule has 0 aliphatic carbocycles. The molecule has 1 aromatic carbocycles. The Bertz CT molecular complexity index is 412. The molecular weight excluding hydrogens is 210 g/mol. The molecule has 0 saturated carbocycles. The molecule has 0 spiro atoms. The predicted molar refractivity (Wildman–Crippen MR) is 63.5 cm³/mol. The molecule has 0 bridgehead atoms. The highest BCUT2D eigenvalue weighted by Gasteiger charge is 2.08. The highest BCUT2D eigenvalue weighted by Crippen LogP contribution is 2.12. The molecule has 0 atom stereocenters. The SMILES string of the molecule is CCCCS(=O)(=O)Nc1cccc(C)c1. The fourth-order valence-electron chi connectivity index (χ4n) is 1.27. The number of hydrogen-bond acceptors (Lipinski definition) is 2. The van der Waals surface area contributed by atoms with Crippen LogP contribution in [0.25, 0.3) is 0 Å². The van der Waals surface area contributed by atoms with Crippen molar-refractivity contribution in [2.75, 3.05) is 10.5 Å². The van der Waals surface area contributed by atoms with Gasteiger partial charge in [-0.2, -0.15) is 0 Å². The maximum Gasteiger partial charge on any atom is 0.232 e. The van der Waals surface area contributed by atoms with E-state index in [0.29, 0.717) is 12.1 Å². The molecule has 4 heteroatoms. The van der Waals surface area contributed by atoms with Gasteiger partial charge in [-0.05, 0) is 31.0 Å². The van der Waals surface area contributed by atoms with E-state index in [9.17, 15) is 8.42 Å². The van der Waals surface area contributed by atoms with Gasteiger partial charge in [-0.3, -0.25) is 4.72 Å². The van der Waals surface area contributed by atoms with Crippen LogP contribution in [0.1, 0.15) is 25.3 Å². The fourth-order valence-corrected chi connectivity index (χ4v) is 2.53. The largest absolute Gasteiger partial charge is 0.284 e. The average Bonchev–Trinajstić information content (AvgIpc) is 2.14. The molecule has 0 unspecified atom stereocenters. The van der Waals surface area contributed by atoms with E-state index in [1.165, 1.54) is 0 Å². The summed E-state index contributed by atoms with van der Waals surface area (Å²) in [5, 5.41) is 0. The molecular formula is C11H17NO2S. The van der Waals surface area contributed by atoms with E-state index < -0.39 is 10.0 Å². The van der Waals surface area contributed by atoms with Gasteiger partial charge in [0.05, 0.1) is 5.75 Å². The Morgan fingerprint density at radius 2 is 2.07 bits per heavy atom. The quantitative estimate of drug-likeness (QED) is 0.840. The number of rotatable bonds is 5. The Morgan fingerprint density at radius 1 is 1.33 bits per heavy atom. The molecule has 0 aliphatic rings. The minimum Gasteiger partial charge on any atom is -0.284 e. The lowest BCUT2D eigenvalue weighted by molar-refractivity contribution is 0.598. The first-order valence-electron chi connectivity index (χ1n) is 5.10. The van der Waals surface area contributed by atoms with Crippen LogP contribution in [0.4, 0.5) is 5.69 Å². The van der Waals surface area contributed by atoms with E-state index in [1.54, 1.807) is 6.07 Å². The van der Waals surface area contributed by atoms with Crippen molar-refractivity contribution < 1.29 is 8.42 Å². The van der Waals surface area contributed by atoms with Crippen molar-refractivity contribution in [1.82, 2.24) is 0 Å². The Hall–Kier alpha value is -1.03. The maximum atomic E-state index is 11.6. The first-order valence-corrected chi connectivity index (χ1v) is 6.76. The van der Waals surface area contributed by atoms with E-state index >= 15 is 0 Å². The van der Waals surface area contributed by atoms with Gasteiger partial charge in [0, 0.05) is 5.69 Å².